The maximum atomic E-state index is 12.7. The molecule has 4 rings (SSSR count). The van der Waals surface area contributed by atoms with Crippen molar-refractivity contribution in [2.45, 2.75) is 46.0 Å². The van der Waals surface area contributed by atoms with E-state index in [2.05, 4.69) is 23.1 Å². The van der Waals surface area contributed by atoms with Crippen LogP contribution in [0.5, 0.6) is 0 Å². The van der Waals surface area contributed by atoms with Gasteiger partial charge in [0.05, 0.1) is 11.3 Å². The monoisotopic (exact) mass is 351 g/mol. The molecule has 7 nitrogen and oxygen atoms in total. The van der Waals surface area contributed by atoms with Crippen LogP contribution in [0.25, 0.3) is 11.5 Å². The molecule has 0 aromatic carbocycles. The van der Waals surface area contributed by atoms with Crippen molar-refractivity contribution in [3.8, 4) is 17.6 Å². The first-order valence-corrected chi connectivity index (χ1v) is 8.75. The van der Waals surface area contributed by atoms with Gasteiger partial charge in [0, 0.05) is 30.4 Å². The standard InChI is InChI=1S/C19H21N5O2/c1-10-21-17(23-26-10)14-12-6-7-13-18(2,3)16(25)11(9-20)8-19(13,4)15(12)22-24(14)5/h8,13H,6-7H2,1-5H3/t13-,19-/m0/s1. The Hall–Kier alpha value is -2.75. The Kier molecular flexibility index (Phi) is 3.30. The maximum Gasteiger partial charge on any atom is 0.223 e. The summed E-state index contributed by atoms with van der Waals surface area (Å²) in [4.78, 5) is 17.1. The van der Waals surface area contributed by atoms with Crippen molar-refractivity contribution in [2.75, 3.05) is 0 Å². The zero-order valence-corrected chi connectivity index (χ0v) is 15.6. The largest absolute Gasteiger partial charge is 0.339 e. The first kappa shape index (κ1) is 16.7. The van der Waals surface area contributed by atoms with Crippen LogP contribution < -0.4 is 0 Å². The van der Waals surface area contributed by atoms with Crippen LogP contribution in [0.2, 0.25) is 0 Å². The Morgan fingerprint density at radius 2 is 2.12 bits per heavy atom. The average molecular weight is 351 g/mol. The molecule has 0 unspecified atom stereocenters. The van der Waals surface area contributed by atoms with Gasteiger partial charge in [-0.2, -0.15) is 15.3 Å². The Bertz CT molecular complexity index is 1000. The smallest absolute Gasteiger partial charge is 0.223 e. The van der Waals surface area contributed by atoms with Crippen LogP contribution in [0.3, 0.4) is 0 Å². The summed E-state index contributed by atoms with van der Waals surface area (Å²) in [5, 5.41) is 18.3. The third-order valence-corrected chi connectivity index (χ3v) is 6.07. The molecule has 0 N–H and O–H groups in total. The van der Waals surface area contributed by atoms with E-state index >= 15 is 0 Å². The molecule has 0 bridgehead atoms. The number of carbonyl (C=O) groups excluding carboxylic acids is 1. The number of ketones is 1. The lowest BCUT2D eigenvalue weighted by molar-refractivity contribution is -0.128. The van der Waals surface area contributed by atoms with Crippen LogP contribution in [0, 0.1) is 29.6 Å². The van der Waals surface area contributed by atoms with Crippen LogP contribution in [0.15, 0.2) is 16.2 Å². The minimum absolute atomic E-state index is 0.0733. The van der Waals surface area contributed by atoms with E-state index in [1.54, 1.807) is 11.6 Å². The highest BCUT2D eigenvalue weighted by molar-refractivity contribution is 6.04. The topological polar surface area (TPSA) is 97.6 Å². The predicted molar refractivity (Wildman–Crippen MR) is 92.9 cm³/mol. The molecule has 0 spiro atoms. The molecule has 0 radical (unpaired) electrons. The summed E-state index contributed by atoms with van der Waals surface area (Å²) < 4.78 is 6.93. The molecule has 2 aromatic rings. The Labute approximate surface area is 151 Å². The average Bonchev–Trinajstić information content (AvgIpc) is 3.14. The lowest BCUT2D eigenvalue weighted by Crippen LogP contribution is -2.51. The van der Waals surface area contributed by atoms with Crippen molar-refractivity contribution >= 4 is 5.78 Å². The number of carbonyl (C=O) groups is 1. The van der Waals surface area contributed by atoms with Crippen molar-refractivity contribution in [1.29, 1.82) is 5.26 Å². The van der Waals surface area contributed by atoms with Gasteiger partial charge in [-0.1, -0.05) is 32.0 Å². The summed E-state index contributed by atoms with van der Waals surface area (Å²) in [6, 6.07) is 2.09. The van der Waals surface area contributed by atoms with E-state index in [0.717, 1.165) is 29.8 Å². The molecule has 0 aliphatic heterocycles. The van der Waals surface area contributed by atoms with Crippen molar-refractivity contribution in [3.05, 3.63) is 28.8 Å². The van der Waals surface area contributed by atoms with Crippen LogP contribution in [-0.4, -0.2) is 25.7 Å². The summed E-state index contributed by atoms with van der Waals surface area (Å²) in [5.74, 6) is 1.04. The minimum Gasteiger partial charge on any atom is -0.339 e. The fourth-order valence-corrected chi connectivity index (χ4v) is 4.90. The van der Waals surface area contributed by atoms with Gasteiger partial charge in [-0.3, -0.25) is 9.48 Å². The van der Waals surface area contributed by atoms with Gasteiger partial charge >= 0.3 is 0 Å². The zero-order chi connectivity index (χ0) is 18.9. The number of nitrogens with zero attached hydrogens (tertiary/aromatic N) is 5. The Morgan fingerprint density at radius 1 is 1.38 bits per heavy atom. The van der Waals surface area contributed by atoms with Gasteiger partial charge in [-0.15, -0.1) is 0 Å². The van der Waals surface area contributed by atoms with Crippen LogP contribution in [-0.2, 0) is 23.7 Å². The van der Waals surface area contributed by atoms with Gasteiger partial charge in [0.1, 0.15) is 11.8 Å². The predicted octanol–water partition coefficient (Wildman–Crippen LogP) is 2.66. The number of allylic oxidation sites excluding steroid dienone is 2. The van der Waals surface area contributed by atoms with Gasteiger partial charge in [0.15, 0.2) is 5.78 Å². The molecule has 2 heterocycles. The zero-order valence-electron chi connectivity index (χ0n) is 15.6. The van der Waals surface area contributed by atoms with Crippen LogP contribution >= 0.6 is 0 Å². The van der Waals surface area contributed by atoms with Crippen molar-refractivity contribution in [1.82, 2.24) is 19.9 Å². The molecular formula is C19H21N5O2. The van der Waals surface area contributed by atoms with E-state index in [4.69, 9.17) is 9.62 Å². The van der Waals surface area contributed by atoms with Gasteiger partial charge < -0.3 is 4.52 Å². The first-order valence-electron chi connectivity index (χ1n) is 8.75. The summed E-state index contributed by atoms with van der Waals surface area (Å²) >= 11 is 0. The second-order valence-corrected chi connectivity index (χ2v) is 8.03. The molecule has 2 aliphatic carbocycles. The van der Waals surface area contributed by atoms with Crippen molar-refractivity contribution < 1.29 is 9.32 Å². The number of aromatic nitrogens is 4. The van der Waals surface area contributed by atoms with E-state index in [1.165, 1.54) is 0 Å². The van der Waals surface area contributed by atoms with Gasteiger partial charge in [-0.25, -0.2) is 0 Å². The van der Waals surface area contributed by atoms with E-state index in [1.807, 2.05) is 27.0 Å². The molecule has 7 heteroatoms. The molecule has 2 aromatic heterocycles. The highest BCUT2D eigenvalue weighted by Crippen LogP contribution is 2.55. The number of rotatable bonds is 1. The number of hydrogen-bond donors (Lipinski definition) is 0. The maximum absolute atomic E-state index is 12.7. The second-order valence-electron chi connectivity index (χ2n) is 8.03. The molecule has 0 saturated heterocycles. The summed E-state index contributed by atoms with van der Waals surface area (Å²) in [7, 11) is 1.87. The number of hydrogen-bond acceptors (Lipinski definition) is 6. The van der Waals surface area contributed by atoms with E-state index in [-0.39, 0.29) is 17.3 Å². The molecule has 0 fully saturated rings. The fraction of sp³-hybridized carbons (Fsp3) is 0.526. The van der Waals surface area contributed by atoms with Crippen molar-refractivity contribution in [2.24, 2.45) is 18.4 Å². The number of Topliss-reactive ketones (excluding diaryl/α,β-unsaturated/α-hetero) is 1. The lowest BCUT2D eigenvalue weighted by Gasteiger charge is -2.49. The molecule has 134 valence electrons. The normalized spacial score (nSPS) is 26.7. The van der Waals surface area contributed by atoms with E-state index in [0.29, 0.717) is 11.7 Å². The van der Waals surface area contributed by atoms with Crippen molar-refractivity contribution in [3.63, 3.8) is 0 Å². The lowest BCUT2D eigenvalue weighted by atomic mass is 9.52. The molecule has 26 heavy (non-hydrogen) atoms. The van der Waals surface area contributed by atoms with Gasteiger partial charge in [0.2, 0.25) is 11.7 Å². The summed E-state index contributed by atoms with van der Waals surface area (Å²) in [5.41, 5.74) is 1.97. The summed E-state index contributed by atoms with van der Waals surface area (Å²) in [6.45, 7) is 7.73. The van der Waals surface area contributed by atoms with Crippen LogP contribution in [0.1, 0.15) is 44.3 Å². The number of aryl methyl sites for hydroxylation is 2. The van der Waals surface area contributed by atoms with Gasteiger partial charge in [0.25, 0.3) is 0 Å². The summed E-state index contributed by atoms with van der Waals surface area (Å²) in [6.07, 6.45) is 3.45. The minimum atomic E-state index is -0.604. The van der Waals surface area contributed by atoms with E-state index < -0.39 is 10.8 Å². The Balaban J connectivity index is 1.96. The number of fused-ring (bicyclic) bond motifs is 3. The quantitative estimate of drug-likeness (QED) is 0.783. The van der Waals surface area contributed by atoms with Gasteiger partial charge in [-0.05, 0) is 18.8 Å². The third-order valence-electron chi connectivity index (χ3n) is 6.07. The first-order chi connectivity index (χ1) is 12.2. The second kappa shape index (κ2) is 5.13. The highest BCUT2D eigenvalue weighted by atomic mass is 16.5. The van der Waals surface area contributed by atoms with Crippen LogP contribution in [0.4, 0.5) is 0 Å². The third kappa shape index (κ3) is 1.99. The molecule has 2 atom stereocenters. The Morgan fingerprint density at radius 3 is 2.73 bits per heavy atom. The van der Waals surface area contributed by atoms with E-state index in [9.17, 15) is 10.1 Å². The highest BCUT2D eigenvalue weighted by Gasteiger charge is 2.55. The molecule has 2 aliphatic rings. The SMILES string of the molecule is Cc1nc(-c2c3c(nn2C)[C@@]2(C)C=C(C#N)C(=O)C(C)(C)[C@@H]2CC3)no1. The number of nitriles is 1. The molecular weight excluding hydrogens is 330 g/mol. The fourth-order valence-electron chi connectivity index (χ4n) is 4.90. The molecule has 0 saturated carbocycles. The molecule has 0 amide bonds.